The largest absolute Gasteiger partial charge is 0.521 e. The highest BCUT2D eigenvalue weighted by atomic mass is 19.2. The van der Waals surface area contributed by atoms with E-state index < -0.39 is 10.9 Å². The van der Waals surface area contributed by atoms with Crippen molar-refractivity contribution >= 4 is 0 Å². The number of ether oxygens (including phenoxy) is 1. The maximum Gasteiger partial charge on any atom is 0.521 e. The van der Waals surface area contributed by atoms with E-state index >= 15 is 0 Å². The van der Waals surface area contributed by atoms with Gasteiger partial charge in [0.15, 0.2) is 0 Å². The highest BCUT2D eigenvalue weighted by molar-refractivity contribution is 4.85. The molecule has 5 heteroatoms. The highest BCUT2D eigenvalue weighted by Gasteiger charge is 2.46. The van der Waals surface area contributed by atoms with Gasteiger partial charge in [0.05, 0.1) is 6.26 Å². The van der Waals surface area contributed by atoms with Gasteiger partial charge in [-0.25, -0.2) is 0 Å². The van der Waals surface area contributed by atoms with Gasteiger partial charge in [-0.15, -0.1) is 4.39 Å². The lowest BCUT2D eigenvalue weighted by Crippen LogP contribution is -2.31. The van der Waals surface area contributed by atoms with Crippen molar-refractivity contribution in [1.82, 2.24) is 0 Å². The molecule has 0 saturated carbocycles. The molecule has 0 radical (unpaired) electrons. The van der Waals surface area contributed by atoms with Crippen molar-refractivity contribution < 1.29 is 14.1 Å². The van der Waals surface area contributed by atoms with Crippen LogP contribution in [-0.2, 0) is 4.74 Å². The molecule has 1 unspecified atom stereocenters. The molecule has 1 aliphatic heterocycles. The van der Waals surface area contributed by atoms with Gasteiger partial charge in [-0.2, -0.15) is 0 Å². The third-order valence-electron chi connectivity index (χ3n) is 0.987. The predicted molar refractivity (Wildman–Crippen MR) is 25.7 cm³/mol. The molecule has 0 aromatic heterocycles. The van der Waals surface area contributed by atoms with E-state index in [2.05, 4.69) is 4.74 Å². The van der Waals surface area contributed by atoms with Crippen LogP contribution in [0.5, 0.6) is 0 Å². The van der Waals surface area contributed by atoms with Gasteiger partial charge in [0.1, 0.15) is 11.3 Å². The summed E-state index contributed by atoms with van der Waals surface area (Å²) in [6, 6.07) is 0. The molecule has 0 bridgehead atoms. The lowest BCUT2D eigenvalue weighted by molar-refractivity contribution is -0.657. The number of halogens is 1. The van der Waals surface area contributed by atoms with Crippen molar-refractivity contribution in [3.05, 3.63) is 22.5 Å². The Morgan fingerprint density at radius 2 is 2.56 bits per heavy atom. The molecule has 0 saturated heterocycles. The summed E-state index contributed by atoms with van der Waals surface area (Å²) in [5, 5.41) is 9.79. The summed E-state index contributed by atoms with van der Waals surface area (Å²) in [6.45, 7) is 0. The average molecular weight is 133 g/mol. The standard InChI is InChI=1S/C4H4FNO3/c5-4(6(7)8)2-1-3-9-4/h1,3H,2H2. The van der Waals surface area contributed by atoms with Crippen LogP contribution in [0.4, 0.5) is 4.39 Å². The van der Waals surface area contributed by atoms with E-state index in [4.69, 9.17) is 0 Å². The first kappa shape index (κ1) is 6.00. The number of alkyl halides is 1. The molecule has 0 fully saturated rings. The quantitative estimate of drug-likeness (QED) is 0.302. The lowest BCUT2D eigenvalue weighted by Gasteiger charge is -2.06. The molecule has 0 N–H and O–H groups in total. The fourth-order valence-corrected chi connectivity index (χ4v) is 0.512. The van der Waals surface area contributed by atoms with Crippen LogP contribution in [0.3, 0.4) is 0 Å². The van der Waals surface area contributed by atoms with Crippen LogP contribution < -0.4 is 0 Å². The summed E-state index contributed by atoms with van der Waals surface area (Å²) < 4.78 is 16.5. The minimum Gasteiger partial charge on any atom is -0.410 e. The third kappa shape index (κ3) is 0.847. The molecule has 1 rings (SSSR count). The van der Waals surface area contributed by atoms with E-state index in [9.17, 15) is 14.5 Å². The number of nitrogens with zero attached hydrogens (tertiary/aromatic N) is 1. The Labute approximate surface area is 50.1 Å². The molecule has 50 valence electrons. The first-order valence-corrected chi connectivity index (χ1v) is 2.31. The van der Waals surface area contributed by atoms with Gasteiger partial charge in [0.2, 0.25) is 0 Å². The Hall–Kier alpha value is -1.13. The molecular weight excluding hydrogens is 129 g/mol. The lowest BCUT2D eigenvalue weighted by atomic mass is 10.4. The Bertz CT molecular complexity index is 159. The van der Waals surface area contributed by atoms with Crippen LogP contribution in [0.15, 0.2) is 12.3 Å². The van der Waals surface area contributed by atoms with Crippen molar-refractivity contribution in [2.75, 3.05) is 0 Å². The SMILES string of the molecule is O=[N+]([O-])C1(F)CC=CO1. The second-order valence-corrected chi connectivity index (χ2v) is 1.64. The van der Waals surface area contributed by atoms with Gasteiger partial charge in [0.25, 0.3) is 0 Å². The van der Waals surface area contributed by atoms with Gasteiger partial charge < -0.3 is 4.74 Å². The summed E-state index contributed by atoms with van der Waals surface area (Å²) in [7, 11) is 0. The van der Waals surface area contributed by atoms with E-state index in [-0.39, 0.29) is 6.42 Å². The first-order valence-electron chi connectivity index (χ1n) is 2.31. The number of nitro groups is 1. The summed E-state index contributed by atoms with van der Waals surface area (Å²) in [5.41, 5.74) is 0. The van der Waals surface area contributed by atoms with Gasteiger partial charge in [-0.05, 0) is 6.08 Å². The highest BCUT2D eigenvalue weighted by Crippen LogP contribution is 2.24. The number of hydrogen-bond acceptors (Lipinski definition) is 3. The zero-order chi connectivity index (χ0) is 6.91. The van der Waals surface area contributed by atoms with E-state index in [0.717, 1.165) is 6.26 Å². The molecule has 4 nitrogen and oxygen atoms in total. The minimum absolute atomic E-state index is 0.306. The maximum absolute atomic E-state index is 12.5. The van der Waals surface area contributed by atoms with E-state index in [1.54, 1.807) is 0 Å². The third-order valence-corrected chi connectivity index (χ3v) is 0.987. The number of rotatable bonds is 1. The van der Waals surface area contributed by atoms with E-state index in [0.29, 0.717) is 0 Å². The van der Waals surface area contributed by atoms with Crippen molar-refractivity contribution in [3.63, 3.8) is 0 Å². The zero-order valence-corrected chi connectivity index (χ0v) is 4.41. The Morgan fingerprint density at radius 3 is 2.78 bits per heavy atom. The topological polar surface area (TPSA) is 52.4 Å². The van der Waals surface area contributed by atoms with Crippen LogP contribution in [0.1, 0.15) is 6.42 Å². The van der Waals surface area contributed by atoms with E-state index in [1.807, 2.05) is 0 Å². The van der Waals surface area contributed by atoms with Crippen LogP contribution in [-0.4, -0.2) is 10.9 Å². The minimum atomic E-state index is -2.69. The Balaban J connectivity index is 2.66. The second-order valence-electron chi connectivity index (χ2n) is 1.64. The van der Waals surface area contributed by atoms with Gasteiger partial charge in [-0.1, -0.05) is 0 Å². The Kier molecular flexibility index (Phi) is 1.12. The van der Waals surface area contributed by atoms with Gasteiger partial charge in [0, 0.05) is 0 Å². The van der Waals surface area contributed by atoms with Crippen LogP contribution in [0.2, 0.25) is 0 Å². The molecule has 0 spiro atoms. The molecule has 0 aliphatic carbocycles. The summed E-state index contributed by atoms with van der Waals surface area (Å²) in [4.78, 5) is 8.70. The number of hydrogen-bond donors (Lipinski definition) is 0. The van der Waals surface area contributed by atoms with Gasteiger partial charge in [-0.3, -0.25) is 10.1 Å². The van der Waals surface area contributed by atoms with Crippen molar-refractivity contribution in [2.45, 2.75) is 12.4 Å². The van der Waals surface area contributed by atoms with E-state index in [1.165, 1.54) is 6.08 Å². The summed E-state index contributed by atoms with van der Waals surface area (Å²) in [6.07, 6.45) is 1.95. The van der Waals surface area contributed by atoms with Crippen LogP contribution in [0, 0.1) is 10.1 Å². The zero-order valence-electron chi connectivity index (χ0n) is 4.41. The smallest absolute Gasteiger partial charge is 0.410 e. The molecule has 0 aromatic rings. The second kappa shape index (κ2) is 1.68. The molecule has 1 aliphatic rings. The summed E-state index contributed by atoms with van der Waals surface area (Å²) >= 11 is 0. The average Bonchev–Trinajstić information content (AvgIpc) is 2.16. The molecular formula is C4H4FNO3. The van der Waals surface area contributed by atoms with Crippen molar-refractivity contribution in [3.8, 4) is 0 Å². The van der Waals surface area contributed by atoms with Crippen molar-refractivity contribution in [1.29, 1.82) is 0 Å². The Morgan fingerprint density at radius 1 is 1.89 bits per heavy atom. The molecule has 9 heavy (non-hydrogen) atoms. The maximum atomic E-state index is 12.5. The normalized spacial score (nSPS) is 32.1. The first-order chi connectivity index (χ1) is 4.15. The summed E-state index contributed by atoms with van der Waals surface area (Å²) in [5.74, 6) is -2.69. The predicted octanol–water partition coefficient (Wildman–Crippen LogP) is 0.820. The molecule has 0 amide bonds. The van der Waals surface area contributed by atoms with Gasteiger partial charge >= 0.3 is 5.98 Å². The molecule has 1 atom stereocenters. The van der Waals surface area contributed by atoms with Crippen LogP contribution in [0.25, 0.3) is 0 Å². The molecule has 0 aromatic carbocycles. The van der Waals surface area contributed by atoms with Crippen molar-refractivity contribution in [2.24, 2.45) is 0 Å². The van der Waals surface area contributed by atoms with Crippen LogP contribution >= 0.6 is 0 Å². The fourth-order valence-electron chi connectivity index (χ4n) is 0.512. The molecule has 1 heterocycles. The monoisotopic (exact) mass is 133 g/mol. The fraction of sp³-hybridized carbons (Fsp3) is 0.500.